The second-order valence-corrected chi connectivity index (χ2v) is 3.75. The van der Waals surface area contributed by atoms with Gasteiger partial charge in [-0.3, -0.25) is 14.6 Å². The second kappa shape index (κ2) is 5.45. The quantitative estimate of drug-likeness (QED) is 0.787. The standard InChI is InChI=1S/C9H9BrN2O3/c10-6-1-2-7(11-4-6)8(12-5-13)3-9(14)15/h1-2,4-5,8H,3H2,(H,12,13)(H,14,15)/t8-/m0/s1. The molecule has 0 radical (unpaired) electrons. The van der Waals surface area contributed by atoms with Crippen LogP contribution in [-0.2, 0) is 9.59 Å². The molecule has 0 unspecified atom stereocenters. The van der Waals surface area contributed by atoms with Crippen LogP contribution in [-0.4, -0.2) is 22.5 Å². The maximum absolute atomic E-state index is 10.5. The van der Waals surface area contributed by atoms with Crippen LogP contribution in [0.4, 0.5) is 0 Å². The summed E-state index contributed by atoms with van der Waals surface area (Å²) in [6.45, 7) is 0. The van der Waals surface area contributed by atoms with Crippen molar-refractivity contribution in [2.75, 3.05) is 0 Å². The molecule has 80 valence electrons. The highest BCUT2D eigenvalue weighted by atomic mass is 79.9. The van der Waals surface area contributed by atoms with Gasteiger partial charge in [0.25, 0.3) is 0 Å². The van der Waals surface area contributed by atoms with Crippen molar-refractivity contribution in [2.24, 2.45) is 0 Å². The minimum Gasteiger partial charge on any atom is -0.481 e. The summed E-state index contributed by atoms with van der Waals surface area (Å²) < 4.78 is 0.798. The van der Waals surface area contributed by atoms with Crippen molar-refractivity contribution >= 4 is 28.3 Å². The largest absolute Gasteiger partial charge is 0.481 e. The molecule has 0 aliphatic heterocycles. The first-order valence-electron chi connectivity index (χ1n) is 4.16. The SMILES string of the molecule is O=CN[C@@H](CC(=O)O)c1ccc(Br)cn1. The number of carbonyl (C=O) groups excluding carboxylic acids is 1. The topological polar surface area (TPSA) is 79.3 Å². The summed E-state index contributed by atoms with van der Waals surface area (Å²) in [5, 5.41) is 11.0. The average molecular weight is 273 g/mol. The smallest absolute Gasteiger partial charge is 0.305 e. The van der Waals surface area contributed by atoms with Gasteiger partial charge in [-0.2, -0.15) is 0 Å². The number of hydrogen-bond acceptors (Lipinski definition) is 3. The molecule has 0 fully saturated rings. The average Bonchev–Trinajstić information content (AvgIpc) is 2.17. The van der Waals surface area contributed by atoms with E-state index in [1.54, 1.807) is 18.3 Å². The molecule has 1 aromatic heterocycles. The van der Waals surface area contributed by atoms with Gasteiger partial charge in [-0.15, -0.1) is 0 Å². The van der Waals surface area contributed by atoms with Gasteiger partial charge in [0.05, 0.1) is 18.2 Å². The van der Waals surface area contributed by atoms with Gasteiger partial charge in [-0.1, -0.05) is 0 Å². The van der Waals surface area contributed by atoms with E-state index < -0.39 is 12.0 Å². The van der Waals surface area contributed by atoms with E-state index in [4.69, 9.17) is 5.11 Å². The zero-order chi connectivity index (χ0) is 11.3. The molecule has 5 nitrogen and oxygen atoms in total. The van der Waals surface area contributed by atoms with Crippen LogP contribution in [0.1, 0.15) is 18.2 Å². The van der Waals surface area contributed by atoms with Gasteiger partial charge in [0.2, 0.25) is 6.41 Å². The summed E-state index contributed by atoms with van der Waals surface area (Å²) in [6, 6.07) is 2.81. The molecule has 0 bridgehead atoms. The Balaban J connectivity index is 2.83. The normalized spacial score (nSPS) is 11.8. The molecule has 1 rings (SSSR count). The lowest BCUT2D eigenvalue weighted by Gasteiger charge is -2.12. The maximum atomic E-state index is 10.5. The molecule has 0 aliphatic rings. The van der Waals surface area contributed by atoms with Crippen molar-refractivity contribution in [3.05, 3.63) is 28.5 Å². The molecule has 1 atom stereocenters. The molecule has 1 aromatic rings. The number of carboxylic acid groups (broad SMARTS) is 1. The molecular weight excluding hydrogens is 264 g/mol. The number of hydrogen-bond donors (Lipinski definition) is 2. The van der Waals surface area contributed by atoms with Gasteiger partial charge in [0, 0.05) is 10.7 Å². The monoisotopic (exact) mass is 272 g/mol. The molecule has 15 heavy (non-hydrogen) atoms. The van der Waals surface area contributed by atoms with Gasteiger partial charge in [-0.05, 0) is 28.1 Å². The van der Waals surface area contributed by atoms with Crippen LogP contribution in [0.15, 0.2) is 22.8 Å². The summed E-state index contributed by atoms with van der Waals surface area (Å²) in [4.78, 5) is 24.8. The fraction of sp³-hybridized carbons (Fsp3) is 0.222. The minimum absolute atomic E-state index is 0.187. The first-order valence-corrected chi connectivity index (χ1v) is 4.95. The Morgan fingerprint density at radius 1 is 1.67 bits per heavy atom. The number of amides is 1. The number of carbonyl (C=O) groups is 2. The first-order chi connectivity index (χ1) is 7.13. The summed E-state index contributed by atoms with van der Waals surface area (Å²) in [7, 11) is 0. The number of nitrogens with zero attached hydrogens (tertiary/aromatic N) is 1. The molecule has 1 amide bonds. The molecule has 0 aliphatic carbocycles. The predicted octanol–water partition coefficient (Wildman–Crippen LogP) is 1.11. The number of nitrogens with one attached hydrogen (secondary N) is 1. The Kier molecular flexibility index (Phi) is 4.23. The molecule has 0 saturated carbocycles. The molecule has 6 heteroatoms. The lowest BCUT2D eigenvalue weighted by Crippen LogP contribution is -2.23. The van der Waals surface area contributed by atoms with Crippen molar-refractivity contribution in [3.8, 4) is 0 Å². The van der Waals surface area contributed by atoms with Gasteiger partial charge in [0.15, 0.2) is 0 Å². The summed E-state index contributed by atoms with van der Waals surface area (Å²) in [5.74, 6) is -0.987. The fourth-order valence-corrected chi connectivity index (χ4v) is 1.33. The Morgan fingerprint density at radius 2 is 2.40 bits per heavy atom. The van der Waals surface area contributed by atoms with E-state index in [1.165, 1.54) is 0 Å². The highest BCUT2D eigenvalue weighted by Crippen LogP contribution is 2.16. The van der Waals surface area contributed by atoms with E-state index in [9.17, 15) is 9.59 Å². The first kappa shape index (κ1) is 11.6. The van der Waals surface area contributed by atoms with E-state index >= 15 is 0 Å². The third-order valence-corrected chi connectivity index (χ3v) is 2.22. The number of pyridine rings is 1. The minimum atomic E-state index is -0.987. The third-order valence-electron chi connectivity index (χ3n) is 1.76. The number of aromatic nitrogens is 1. The lowest BCUT2D eigenvalue weighted by atomic mass is 10.1. The summed E-state index contributed by atoms with van der Waals surface area (Å²) >= 11 is 3.22. The highest BCUT2D eigenvalue weighted by Gasteiger charge is 2.15. The van der Waals surface area contributed by atoms with Crippen LogP contribution in [0, 0.1) is 0 Å². The molecule has 0 spiro atoms. The van der Waals surface area contributed by atoms with Crippen LogP contribution in [0.25, 0.3) is 0 Å². The van der Waals surface area contributed by atoms with Crippen LogP contribution in [0.2, 0.25) is 0 Å². The number of carboxylic acids is 1. The van der Waals surface area contributed by atoms with Crippen molar-refractivity contribution in [1.82, 2.24) is 10.3 Å². The van der Waals surface area contributed by atoms with E-state index in [0.717, 1.165) is 4.47 Å². The maximum Gasteiger partial charge on any atom is 0.305 e. The van der Waals surface area contributed by atoms with Crippen LogP contribution in [0.5, 0.6) is 0 Å². The van der Waals surface area contributed by atoms with Crippen molar-refractivity contribution < 1.29 is 14.7 Å². The number of aliphatic carboxylic acids is 1. The molecule has 2 N–H and O–H groups in total. The lowest BCUT2D eigenvalue weighted by molar-refractivity contribution is -0.137. The number of rotatable bonds is 5. The fourth-order valence-electron chi connectivity index (χ4n) is 1.10. The van der Waals surface area contributed by atoms with Crippen molar-refractivity contribution in [2.45, 2.75) is 12.5 Å². The summed E-state index contributed by atoms with van der Waals surface area (Å²) in [5.41, 5.74) is 0.521. The van der Waals surface area contributed by atoms with Gasteiger partial charge < -0.3 is 10.4 Å². The Labute approximate surface area is 94.6 Å². The van der Waals surface area contributed by atoms with Crippen molar-refractivity contribution in [1.29, 1.82) is 0 Å². The van der Waals surface area contributed by atoms with Crippen molar-refractivity contribution in [3.63, 3.8) is 0 Å². The molecule has 0 saturated heterocycles. The zero-order valence-corrected chi connectivity index (χ0v) is 9.27. The Morgan fingerprint density at radius 3 is 2.87 bits per heavy atom. The van der Waals surface area contributed by atoms with E-state index in [0.29, 0.717) is 12.1 Å². The van der Waals surface area contributed by atoms with Crippen LogP contribution < -0.4 is 5.32 Å². The van der Waals surface area contributed by atoms with Gasteiger partial charge in [-0.25, -0.2) is 0 Å². The van der Waals surface area contributed by atoms with Gasteiger partial charge >= 0.3 is 5.97 Å². The van der Waals surface area contributed by atoms with E-state index in [-0.39, 0.29) is 6.42 Å². The Hall–Kier alpha value is -1.43. The van der Waals surface area contributed by atoms with Crippen LogP contribution in [0.3, 0.4) is 0 Å². The van der Waals surface area contributed by atoms with Crippen LogP contribution >= 0.6 is 15.9 Å². The second-order valence-electron chi connectivity index (χ2n) is 2.84. The van der Waals surface area contributed by atoms with E-state index in [1.807, 2.05) is 0 Å². The van der Waals surface area contributed by atoms with E-state index in [2.05, 4.69) is 26.2 Å². The summed E-state index contributed by atoms with van der Waals surface area (Å²) in [6.07, 6.45) is 1.83. The zero-order valence-electron chi connectivity index (χ0n) is 7.68. The Bertz CT molecular complexity index is 353. The predicted molar refractivity (Wildman–Crippen MR) is 56.1 cm³/mol. The highest BCUT2D eigenvalue weighted by molar-refractivity contribution is 9.10. The molecular formula is C9H9BrN2O3. The molecule has 1 heterocycles. The molecule has 0 aromatic carbocycles. The van der Waals surface area contributed by atoms with Gasteiger partial charge in [0.1, 0.15) is 0 Å². The third kappa shape index (κ3) is 3.67. The number of halogens is 1.